The van der Waals surface area contributed by atoms with Crippen molar-refractivity contribution < 1.29 is 14.6 Å². The standard InChI is InChI=1S/C18H16N4O5/c19-10-4-11-20(12-9-14-5-2-1-3-6-14)18(23)16-8-7-15(21(24)25)13-17(16)22(26)27/h1-3,5-8,13H,4,9,11-12H2. The van der Waals surface area contributed by atoms with Crippen molar-refractivity contribution in [3.05, 3.63) is 79.9 Å². The molecule has 0 radical (unpaired) electrons. The van der Waals surface area contributed by atoms with E-state index in [1.54, 1.807) is 0 Å². The number of nitro benzene ring substituents is 2. The minimum Gasteiger partial charge on any atom is -0.337 e. The Balaban J connectivity index is 2.29. The molecule has 2 rings (SSSR count). The summed E-state index contributed by atoms with van der Waals surface area (Å²) in [5.41, 5.74) is -0.357. The molecule has 0 saturated carbocycles. The van der Waals surface area contributed by atoms with Gasteiger partial charge in [0.15, 0.2) is 0 Å². The van der Waals surface area contributed by atoms with Crippen molar-refractivity contribution in [1.82, 2.24) is 4.90 Å². The van der Waals surface area contributed by atoms with E-state index < -0.39 is 27.1 Å². The lowest BCUT2D eigenvalue weighted by Crippen LogP contribution is -2.34. The highest BCUT2D eigenvalue weighted by molar-refractivity contribution is 5.98. The van der Waals surface area contributed by atoms with Crippen LogP contribution in [-0.4, -0.2) is 33.7 Å². The molecule has 1 amide bonds. The molecule has 9 nitrogen and oxygen atoms in total. The fourth-order valence-corrected chi connectivity index (χ4v) is 2.54. The van der Waals surface area contributed by atoms with E-state index in [0.717, 1.165) is 23.8 Å². The monoisotopic (exact) mass is 368 g/mol. The smallest absolute Gasteiger partial charge is 0.289 e. The van der Waals surface area contributed by atoms with Crippen LogP contribution in [-0.2, 0) is 6.42 Å². The average molecular weight is 368 g/mol. The Morgan fingerprint density at radius 2 is 1.74 bits per heavy atom. The third-order valence-electron chi connectivity index (χ3n) is 3.91. The molecule has 0 saturated heterocycles. The van der Waals surface area contributed by atoms with E-state index in [-0.39, 0.29) is 25.1 Å². The van der Waals surface area contributed by atoms with Crippen LogP contribution < -0.4 is 0 Å². The number of carbonyl (C=O) groups excluding carboxylic acids is 1. The van der Waals surface area contributed by atoms with Gasteiger partial charge >= 0.3 is 0 Å². The molecule has 0 bridgehead atoms. The molecule has 0 aliphatic carbocycles. The number of carbonyl (C=O) groups is 1. The Kier molecular flexibility index (Phi) is 6.55. The lowest BCUT2D eigenvalue weighted by Gasteiger charge is -2.21. The van der Waals surface area contributed by atoms with Crippen LogP contribution in [0, 0.1) is 31.6 Å². The summed E-state index contributed by atoms with van der Waals surface area (Å²) in [4.78, 5) is 34.7. The van der Waals surface area contributed by atoms with Crippen LogP contribution in [0.4, 0.5) is 11.4 Å². The summed E-state index contributed by atoms with van der Waals surface area (Å²) < 4.78 is 0. The van der Waals surface area contributed by atoms with Crippen molar-refractivity contribution in [1.29, 1.82) is 5.26 Å². The number of nitro groups is 2. The van der Waals surface area contributed by atoms with Crippen LogP contribution in [0.5, 0.6) is 0 Å². The Bertz CT molecular complexity index is 892. The summed E-state index contributed by atoms with van der Waals surface area (Å²) in [6.45, 7) is 0.370. The van der Waals surface area contributed by atoms with Crippen LogP contribution >= 0.6 is 0 Å². The van der Waals surface area contributed by atoms with Crippen molar-refractivity contribution >= 4 is 17.3 Å². The zero-order valence-electron chi connectivity index (χ0n) is 14.3. The first-order valence-corrected chi connectivity index (χ1v) is 8.07. The fourth-order valence-electron chi connectivity index (χ4n) is 2.54. The van der Waals surface area contributed by atoms with Gasteiger partial charge in [-0.25, -0.2) is 0 Å². The van der Waals surface area contributed by atoms with E-state index in [1.807, 2.05) is 36.4 Å². The minimum absolute atomic E-state index is 0.0707. The molecule has 2 aromatic carbocycles. The molecular weight excluding hydrogens is 352 g/mol. The van der Waals surface area contributed by atoms with Gasteiger partial charge in [0.05, 0.1) is 28.4 Å². The number of hydrogen-bond acceptors (Lipinski definition) is 6. The van der Waals surface area contributed by atoms with Gasteiger partial charge < -0.3 is 4.90 Å². The molecule has 2 aromatic rings. The maximum absolute atomic E-state index is 12.8. The molecule has 0 fully saturated rings. The van der Waals surface area contributed by atoms with E-state index in [0.29, 0.717) is 6.42 Å². The molecular formula is C18H16N4O5. The molecule has 27 heavy (non-hydrogen) atoms. The number of non-ortho nitro benzene ring substituents is 1. The third kappa shape index (κ3) is 5.09. The van der Waals surface area contributed by atoms with E-state index >= 15 is 0 Å². The Labute approximate surface area is 154 Å². The van der Waals surface area contributed by atoms with Gasteiger partial charge in [-0.05, 0) is 18.1 Å². The number of amides is 1. The van der Waals surface area contributed by atoms with E-state index in [1.165, 1.54) is 4.90 Å². The van der Waals surface area contributed by atoms with Crippen molar-refractivity contribution in [2.75, 3.05) is 13.1 Å². The van der Waals surface area contributed by atoms with E-state index in [4.69, 9.17) is 5.26 Å². The second-order valence-corrected chi connectivity index (χ2v) is 5.65. The molecule has 0 aromatic heterocycles. The number of hydrogen-bond donors (Lipinski definition) is 0. The van der Waals surface area contributed by atoms with Crippen molar-refractivity contribution in [2.24, 2.45) is 0 Å². The Morgan fingerprint density at radius 1 is 1.04 bits per heavy atom. The topological polar surface area (TPSA) is 130 Å². The summed E-state index contributed by atoms with van der Waals surface area (Å²) in [5, 5.41) is 30.9. The molecule has 0 unspecified atom stereocenters. The second kappa shape index (κ2) is 9.05. The summed E-state index contributed by atoms with van der Waals surface area (Å²) >= 11 is 0. The number of nitrogens with zero attached hydrogens (tertiary/aromatic N) is 4. The van der Waals surface area contributed by atoms with Gasteiger partial charge in [0, 0.05) is 19.2 Å². The maximum atomic E-state index is 12.8. The lowest BCUT2D eigenvalue weighted by atomic mass is 10.1. The predicted molar refractivity (Wildman–Crippen MR) is 96.0 cm³/mol. The SMILES string of the molecule is N#CCCN(CCc1ccccc1)C(=O)c1ccc([N+](=O)[O-])cc1[N+](=O)[O-]. The third-order valence-corrected chi connectivity index (χ3v) is 3.91. The van der Waals surface area contributed by atoms with Crippen molar-refractivity contribution in [2.45, 2.75) is 12.8 Å². The van der Waals surface area contributed by atoms with Gasteiger partial charge in [0.2, 0.25) is 0 Å². The fraction of sp³-hybridized carbons (Fsp3) is 0.222. The van der Waals surface area contributed by atoms with Gasteiger partial charge in [0.25, 0.3) is 17.3 Å². The summed E-state index contributed by atoms with van der Waals surface area (Å²) in [7, 11) is 0. The lowest BCUT2D eigenvalue weighted by molar-refractivity contribution is -0.394. The van der Waals surface area contributed by atoms with Crippen molar-refractivity contribution in [3.63, 3.8) is 0 Å². The van der Waals surface area contributed by atoms with Gasteiger partial charge in [-0.15, -0.1) is 0 Å². The minimum atomic E-state index is -0.820. The van der Waals surface area contributed by atoms with E-state index in [9.17, 15) is 25.0 Å². The van der Waals surface area contributed by atoms with Gasteiger partial charge in [0.1, 0.15) is 5.56 Å². The second-order valence-electron chi connectivity index (χ2n) is 5.65. The van der Waals surface area contributed by atoms with Gasteiger partial charge in [-0.2, -0.15) is 5.26 Å². The molecule has 0 heterocycles. The molecule has 0 aliphatic rings. The number of nitriles is 1. The van der Waals surface area contributed by atoms with Crippen LogP contribution in [0.25, 0.3) is 0 Å². The Morgan fingerprint density at radius 3 is 2.33 bits per heavy atom. The summed E-state index contributed by atoms with van der Waals surface area (Å²) in [5.74, 6) is -0.636. The zero-order chi connectivity index (χ0) is 19.8. The quantitative estimate of drug-likeness (QED) is 0.520. The molecule has 0 atom stereocenters. The van der Waals surface area contributed by atoms with Crippen LogP contribution in [0.15, 0.2) is 48.5 Å². The zero-order valence-corrected chi connectivity index (χ0v) is 14.3. The highest BCUT2D eigenvalue weighted by Gasteiger charge is 2.27. The number of rotatable bonds is 8. The highest BCUT2D eigenvalue weighted by atomic mass is 16.6. The van der Waals surface area contributed by atoms with Crippen LogP contribution in [0.3, 0.4) is 0 Å². The average Bonchev–Trinajstić information content (AvgIpc) is 2.67. The Hall–Kier alpha value is -3.80. The van der Waals surface area contributed by atoms with E-state index in [2.05, 4.69) is 0 Å². The van der Waals surface area contributed by atoms with Crippen molar-refractivity contribution in [3.8, 4) is 6.07 Å². The van der Waals surface area contributed by atoms with Gasteiger partial charge in [-0.3, -0.25) is 25.0 Å². The van der Waals surface area contributed by atoms with Crippen LogP contribution in [0.1, 0.15) is 22.3 Å². The molecule has 0 spiro atoms. The molecule has 0 aliphatic heterocycles. The number of benzene rings is 2. The largest absolute Gasteiger partial charge is 0.337 e. The van der Waals surface area contributed by atoms with Crippen LogP contribution in [0.2, 0.25) is 0 Å². The first kappa shape index (κ1) is 19.5. The first-order valence-electron chi connectivity index (χ1n) is 8.07. The predicted octanol–water partition coefficient (Wildman–Crippen LogP) is 3.10. The molecule has 138 valence electrons. The first-order chi connectivity index (χ1) is 12.9. The normalized spacial score (nSPS) is 10.0. The molecule has 0 N–H and O–H groups in total. The molecule has 9 heteroatoms. The summed E-state index contributed by atoms with van der Waals surface area (Å²) in [6, 6.07) is 14.2. The highest BCUT2D eigenvalue weighted by Crippen LogP contribution is 2.26. The maximum Gasteiger partial charge on any atom is 0.289 e. The van der Waals surface area contributed by atoms with Gasteiger partial charge in [-0.1, -0.05) is 30.3 Å². The summed E-state index contributed by atoms with van der Waals surface area (Å²) in [6.07, 6.45) is 0.583.